The predicted molar refractivity (Wildman–Crippen MR) is 96.5 cm³/mol. The highest BCUT2D eigenvalue weighted by Gasteiger charge is 2.37. The number of benzene rings is 2. The molecule has 0 amide bonds. The van der Waals surface area contributed by atoms with Gasteiger partial charge < -0.3 is 0 Å². The van der Waals surface area contributed by atoms with Gasteiger partial charge in [0, 0.05) is 9.89 Å². The normalized spacial score (nSPS) is 15.0. The predicted octanol–water partition coefficient (Wildman–Crippen LogP) is 6.43. The summed E-state index contributed by atoms with van der Waals surface area (Å²) in [5, 5.41) is 0. The summed E-state index contributed by atoms with van der Waals surface area (Å²) in [7, 11) is 0. The Kier molecular flexibility index (Phi) is 3.41. The fourth-order valence-electron chi connectivity index (χ4n) is 3.41. The van der Waals surface area contributed by atoms with E-state index in [0.717, 1.165) is 4.47 Å². The molecule has 0 N–H and O–H groups in total. The van der Waals surface area contributed by atoms with E-state index in [9.17, 15) is 0 Å². The Morgan fingerprint density at radius 1 is 1.10 bits per heavy atom. The van der Waals surface area contributed by atoms with Crippen LogP contribution >= 0.6 is 15.9 Å². The molecule has 0 saturated heterocycles. The summed E-state index contributed by atoms with van der Waals surface area (Å²) in [6, 6.07) is 11.0. The highest BCUT2D eigenvalue weighted by Crippen LogP contribution is 2.52. The van der Waals surface area contributed by atoms with Crippen molar-refractivity contribution in [3.63, 3.8) is 0 Å². The Bertz CT molecular complexity index is 764. The average Bonchev–Trinajstić information content (AvgIpc) is 2.68. The van der Waals surface area contributed by atoms with Gasteiger partial charge >= 0.3 is 0 Å². The number of hydrogen-bond acceptors (Lipinski definition) is 0. The van der Waals surface area contributed by atoms with Crippen molar-refractivity contribution in [2.75, 3.05) is 0 Å². The highest BCUT2D eigenvalue weighted by atomic mass is 79.9. The topological polar surface area (TPSA) is 0 Å². The van der Waals surface area contributed by atoms with Crippen molar-refractivity contribution >= 4 is 28.1 Å². The summed E-state index contributed by atoms with van der Waals surface area (Å²) in [4.78, 5) is 0. The molecular weight excluding hydrogens is 320 g/mol. The van der Waals surface area contributed by atoms with Gasteiger partial charge in [-0.2, -0.15) is 0 Å². The van der Waals surface area contributed by atoms with Crippen molar-refractivity contribution in [3.05, 3.63) is 69.7 Å². The van der Waals surface area contributed by atoms with Crippen LogP contribution in [0.4, 0.5) is 0 Å². The molecule has 0 aliphatic heterocycles. The Labute approximate surface area is 135 Å². The Balaban J connectivity index is 2.49. The molecule has 0 atom stereocenters. The molecule has 1 heteroatoms. The summed E-state index contributed by atoms with van der Waals surface area (Å²) in [5.74, 6) is 0. The van der Waals surface area contributed by atoms with E-state index in [-0.39, 0.29) is 5.41 Å². The number of hydrogen-bond donors (Lipinski definition) is 0. The minimum atomic E-state index is 0.0322. The molecule has 1 aliphatic carbocycles. The van der Waals surface area contributed by atoms with Gasteiger partial charge in [0.15, 0.2) is 0 Å². The van der Waals surface area contributed by atoms with Crippen molar-refractivity contribution in [1.82, 2.24) is 0 Å². The standard InChI is InChI=1S/C20H19Br/c1-5-9-14-13(6-2)18(21)12-17-19(14)15-10-7-8-11-16(15)20(17,3)4/h5-12H,2H2,1,3-4H3/b9-5-. The van der Waals surface area contributed by atoms with E-state index in [4.69, 9.17) is 0 Å². The zero-order chi connectivity index (χ0) is 15.2. The zero-order valence-corrected chi connectivity index (χ0v) is 14.3. The first-order valence-corrected chi connectivity index (χ1v) is 8.03. The monoisotopic (exact) mass is 338 g/mol. The first-order chi connectivity index (χ1) is 10.0. The summed E-state index contributed by atoms with van der Waals surface area (Å²) < 4.78 is 1.12. The quantitative estimate of drug-likeness (QED) is 0.591. The molecule has 0 spiro atoms. The highest BCUT2D eigenvalue weighted by molar-refractivity contribution is 9.10. The summed E-state index contributed by atoms with van der Waals surface area (Å²) in [6.45, 7) is 10.7. The molecule has 0 bridgehead atoms. The maximum absolute atomic E-state index is 3.99. The van der Waals surface area contributed by atoms with Crippen LogP contribution in [0.2, 0.25) is 0 Å². The van der Waals surface area contributed by atoms with Gasteiger partial charge in [0.2, 0.25) is 0 Å². The molecule has 106 valence electrons. The van der Waals surface area contributed by atoms with Crippen LogP contribution in [-0.2, 0) is 5.41 Å². The molecule has 21 heavy (non-hydrogen) atoms. The van der Waals surface area contributed by atoms with Gasteiger partial charge in [-0.15, -0.1) is 0 Å². The van der Waals surface area contributed by atoms with Crippen LogP contribution in [0.25, 0.3) is 23.3 Å². The molecule has 2 aromatic rings. The molecule has 0 saturated carbocycles. The maximum atomic E-state index is 3.99. The number of halogens is 1. The van der Waals surface area contributed by atoms with Crippen molar-refractivity contribution in [1.29, 1.82) is 0 Å². The van der Waals surface area contributed by atoms with Gasteiger partial charge in [-0.1, -0.05) is 78.8 Å². The second-order valence-electron chi connectivity index (χ2n) is 5.98. The smallest absolute Gasteiger partial charge is 0.0257 e. The van der Waals surface area contributed by atoms with E-state index in [2.05, 4.69) is 85.8 Å². The van der Waals surface area contributed by atoms with Gasteiger partial charge in [0.1, 0.15) is 0 Å². The second kappa shape index (κ2) is 4.99. The fraction of sp³-hybridized carbons (Fsp3) is 0.200. The lowest BCUT2D eigenvalue weighted by Crippen LogP contribution is -2.15. The lowest BCUT2D eigenvalue weighted by molar-refractivity contribution is 0.660. The van der Waals surface area contributed by atoms with Crippen LogP contribution in [0.1, 0.15) is 43.0 Å². The average molecular weight is 339 g/mol. The molecule has 1 aliphatic rings. The third-order valence-electron chi connectivity index (χ3n) is 4.44. The van der Waals surface area contributed by atoms with Crippen LogP contribution in [-0.4, -0.2) is 0 Å². The van der Waals surface area contributed by atoms with Crippen molar-refractivity contribution in [2.24, 2.45) is 0 Å². The van der Waals surface area contributed by atoms with Gasteiger partial charge in [0.25, 0.3) is 0 Å². The van der Waals surface area contributed by atoms with Crippen LogP contribution in [0.15, 0.2) is 47.5 Å². The number of allylic oxidation sites excluding steroid dienone is 1. The molecule has 0 nitrogen and oxygen atoms in total. The second-order valence-corrected chi connectivity index (χ2v) is 6.84. The van der Waals surface area contributed by atoms with Gasteiger partial charge in [-0.3, -0.25) is 0 Å². The third-order valence-corrected chi connectivity index (χ3v) is 5.09. The van der Waals surface area contributed by atoms with Gasteiger partial charge in [-0.25, -0.2) is 0 Å². The van der Waals surface area contributed by atoms with Crippen molar-refractivity contribution in [2.45, 2.75) is 26.2 Å². The molecule has 2 aromatic carbocycles. The molecule has 0 unspecified atom stereocenters. The van der Waals surface area contributed by atoms with E-state index in [1.165, 1.54) is 33.4 Å². The molecule has 3 rings (SSSR count). The summed E-state index contributed by atoms with van der Waals surface area (Å²) in [5.41, 5.74) is 7.94. The molecule has 0 radical (unpaired) electrons. The van der Waals surface area contributed by atoms with E-state index in [1.807, 2.05) is 6.08 Å². The van der Waals surface area contributed by atoms with Crippen LogP contribution in [0, 0.1) is 0 Å². The van der Waals surface area contributed by atoms with E-state index < -0.39 is 0 Å². The lowest BCUT2D eigenvalue weighted by atomic mass is 9.81. The number of rotatable bonds is 2. The molecule has 0 aromatic heterocycles. The maximum Gasteiger partial charge on any atom is 0.0257 e. The third kappa shape index (κ3) is 1.95. The minimum Gasteiger partial charge on any atom is -0.0984 e. The number of fused-ring (bicyclic) bond motifs is 3. The first kappa shape index (κ1) is 14.3. The van der Waals surface area contributed by atoms with Gasteiger partial charge in [-0.05, 0) is 46.4 Å². The van der Waals surface area contributed by atoms with Crippen molar-refractivity contribution < 1.29 is 0 Å². The van der Waals surface area contributed by atoms with Crippen LogP contribution in [0.5, 0.6) is 0 Å². The lowest BCUT2D eigenvalue weighted by Gasteiger charge is -2.22. The van der Waals surface area contributed by atoms with Crippen LogP contribution in [0.3, 0.4) is 0 Å². The Morgan fingerprint density at radius 2 is 1.81 bits per heavy atom. The largest absolute Gasteiger partial charge is 0.0984 e. The SMILES string of the molecule is C=Cc1c(Br)cc2c(c1/C=C\C)-c1ccccc1C2(C)C. The summed E-state index contributed by atoms with van der Waals surface area (Å²) >= 11 is 3.72. The van der Waals surface area contributed by atoms with Gasteiger partial charge in [0.05, 0.1) is 0 Å². The Hall–Kier alpha value is -1.60. The Morgan fingerprint density at radius 3 is 2.48 bits per heavy atom. The van der Waals surface area contributed by atoms with E-state index in [0.29, 0.717) is 0 Å². The zero-order valence-electron chi connectivity index (χ0n) is 12.7. The molecular formula is C20H19Br. The molecule has 0 fully saturated rings. The van der Waals surface area contributed by atoms with Crippen LogP contribution < -0.4 is 0 Å². The molecule has 0 heterocycles. The summed E-state index contributed by atoms with van der Waals surface area (Å²) in [6.07, 6.45) is 6.23. The fourth-order valence-corrected chi connectivity index (χ4v) is 4.01. The van der Waals surface area contributed by atoms with E-state index in [1.54, 1.807) is 0 Å². The first-order valence-electron chi connectivity index (χ1n) is 7.24. The van der Waals surface area contributed by atoms with E-state index >= 15 is 0 Å². The van der Waals surface area contributed by atoms with Crippen molar-refractivity contribution in [3.8, 4) is 11.1 Å². The minimum absolute atomic E-state index is 0.0322.